The molecule has 1 atom stereocenters. The number of ether oxygens (including phenoxy) is 1. The Hall–Kier alpha value is -0.660. The Morgan fingerprint density at radius 3 is 2.37 bits per heavy atom. The van der Waals surface area contributed by atoms with Gasteiger partial charge in [-0.05, 0) is 19.8 Å². The minimum absolute atomic E-state index is 0.0386. The monoisotopic (exact) mass is 290 g/mol. The summed E-state index contributed by atoms with van der Waals surface area (Å²) in [7, 11) is -3.12. The van der Waals surface area contributed by atoms with Crippen molar-refractivity contribution in [3.63, 3.8) is 0 Å². The summed E-state index contributed by atoms with van der Waals surface area (Å²) >= 11 is 0. The van der Waals surface area contributed by atoms with Gasteiger partial charge in [-0.15, -0.1) is 0 Å². The highest BCUT2D eigenvalue weighted by molar-refractivity contribution is 7.88. The number of hydrogen-bond donors (Lipinski definition) is 0. The van der Waals surface area contributed by atoms with Crippen LogP contribution in [0.1, 0.15) is 19.8 Å². The van der Waals surface area contributed by atoms with Crippen LogP contribution in [0.2, 0.25) is 0 Å². The maximum Gasteiger partial charge on any atom is 0.225 e. The van der Waals surface area contributed by atoms with Gasteiger partial charge in [0.2, 0.25) is 15.9 Å². The number of piperidine rings is 1. The van der Waals surface area contributed by atoms with Crippen LogP contribution >= 0.6 is 0 Å². The molecule has 2 saturated heterocycles. The first-order chi connectivity index (χ1) is 8.88. The van der Waals surface area contributed by atoms with Gasteiger partial charge in [-0.2, -0.15) is 0 Å². The molecule has 7 heteroatoms. The van der Waals surface area contributed by atoms with Crippen molar-refractivity contribution in [2.45, 2.75) is 25.9 Å². The summed E-state index contributed by atoms with van der Waals surface area (Å²) in [6.07, 6.45) is 2.56. The molecule has 2 fully saturated rings. The fourth-order valence-corrected chi connectivity index (χ4v) is 3.59. The molecule has 2 aliphatic rings. The van der Waals surface area contributed by atoms with E-state index in [0.717, 1.165) is 0 Å². The predicted octanol–water partition coefficient (Wildman–Crippen LogP) is -0.0947. The van der Waals surface area contributed by atoms with Gasteiger partial charge in [-0.25, -0.2) is 12.7 Å². The third kappa shape index (κ3) is 3.67. The number of hydrogen-bond acceptors (Lipinski definition) is 4. The van der Waals surface area contributed by atoms with E-state index in [0.29, 0.717) is 45.6 Å². The first-order valence-corrected chi connectivity index (χ1v) is 8.58. The Morgan fingerprint density at radius 1 is 1.21 bits per heavy atom. The smallest absolute Gasteiger partial charge is 0.225 e. The maximum absolute atomic E-state index is 12.4. The van der Waals surface area contributed by atoms with Crippen molar-refractivity contribution in [1.82, 2.24) is 9.21 Å². The molecule has 0 saturated carbocycles. The molecule has 1 amide bonds. The van der Waals surface area contributed by atoms with E-state index in [1.807, 2.05) is 11.8 Å². The van der Waals surface area contributed by atoms with E-state index in [2.05, 4.69) is 0 Å². The lowest BCUT2D eigenvalue weighted by molar-refractivity contribution is -0.143. The van der Waals surface area contributed by atoms with Gasteiger partial charge in [0.05, 0.1) is 19.0 Å². The molecule has 110 valence electrons. The second kappa shape index (κ2) is 5.76. The van der Waals surface area contributed by atoms with Crippen molar-refractivity contribution in [3.05, 3.63) is 0 Å². The van der Waals surface area contributed by atoms with Gasteiger partial charge < -0.3 is 9.64 Å². The number of rotatable bonds is 2. The van der Waals surface area contributed by atoms with E-state index >= 15 is 0 Å². The third-order valence-electron chi connectivity index (χ3n) is 3.82. The average molecular weight is 290 g/mol. The molecule has 0 aromatic carbocycles. The van der Waals surface area contributed by atoms with Crippen molar-refractivity contribution in [2.75, 3.05) is 39.0 Å². The zero-order chi connectivity index (χ0) is 14.0. The molecule has 0 spiro atoms. The van der Waals surface area contributed by atoms with E-state index in [-0.39, 0.29) is 17.9 Å². The molecule has 2 heterocycles. The zero-order valence-corrected chi connectivity index (χ0v) is 12.4. The summed E-state index contributed by atoms with van der Waals surface area (Å²) < 4.78 is 29.7. The van der Waals surface area contributed by atoms with Crippen molar-refractivity contribution in [1.29, 1.82) is 0 Å². The molecule has 0 aliphatic carbocycles. The molecule has 0 aromatic rings. The summed E-state index contributed by atoms with van der Waals surface area (Å²) in [6, 6.07) is 0. The van der Waals surface area contributed by atoms with Gasteiger partial charge in [0, 0.05) is 32.1 Å². The fourth-order valence-electron chi connectivity index (χ4n) is 2.71. The molecule has 0 radical (unpaired) electrons. The number of morpholine rings is 1. The molecule has 0 bridgehead atoms. The molecule has 2 aliphatic heterocycles. The molecule has 1 unspecified atom stereocenters. The van der Waals surface area contributed by atoms with Gasteiger partial charge in [-0.3, -0.25) is 4.79 Å². The van der Waals surface area contributed by atoms with E-state index in [1.165, 1.54) is 10.6 Å². The van der Waals surface area contributed by atoms with Crippen molar-refractivity contribution >= 4 is 15.9 Å². The Bertz CT molecular complexity index is 429. The average Bonchev–Trinajstić information content (AvgIpc) is 2.37. The Morgan fingerprint density at radius 2 is 1.84 bits per heavy atom. The minimum Gasteiger partial charge on any atom is -0.375 e. The van der Waals surface area contributed by atoms with Crippen LogP contribution in [0.3, 0.4) is 0 Å². The summed E-state index contributed by atoms with van der Waals surface area (Å²) in [6.45, 7) is 4.76. The SMILES string of the molecule is CC1CN(C(=O)C2CCN(S(C)(=O)=O)CC2)CCO1. The van der Waals surface area contributed by atoms with Crippen LogP contribution < -0.4 is 0 Å². The largest absolute Gasteiger partial charge is 0.375 e. The molecule has 0 N–H and O–H groups in total. The lowest BCUT2D eigenvalue weighted by Gasteiger charge is -2.36. The van der Waals surface area contributed by atoms with Gasteiger partial charge in [0.15, 0.2) is 0 Å². The van der Waals surface area contributed by atoms with Gasteiger partial charge in [0.25, 0.3) is 0 Å². The molecular weight excluding hydrogens is 268 g/mol. The topological polar surface area (TPSA) is 66.9 Å². The summed E-state index contributed by atoms with van der Waals surface area (Å²) in [5, 5.41) is 0. The van der Waals surface area contributed by atoms with Gasteiger partial charge in [0.1, 0.15) is 0 Å². The summed E-state index contributed by atoms with van der Waals surface area (Å²) in [5.41, 5.74) is 0. The Kier molecular flexibility index (Phi) is 4.47. The minimum atomic E-state index is -3.12. The highest BCUT2D eigenvalue weighted by Crippen LogP contribution is 2.22. The number of carbonyl (C=O) groups excluding carboxylic acids is 1. The molecule has 2 rings (SSSR count). The molecular formula is C12H22N2O4S. The van der Waals surface area contributed by atoms with E-state index in [9.17, 15) is 13.2 Å². The van der Waals surface area contributed by atoms with Crippen molar-refractivity contribution in [2.24, 2.45) is 5.92 Å². The highest BCUT2D eigenvalue weighted by atomic mass is 32.2. The maximum atomic E-state index is 12.4. The van der Waals surface area contributed by atoms with E-state index < -0.39 is 10.0 Å². The van der Waals surface area contributed by atoms with E-state index in [1.54, 1.807) is 0 Å². The lowest BCUT2D eigenvalue weighted by Crippen LogP contribution is -2.49. The number of amides is 1. The summed E-state index contributed by atoms with van der Waals surface area (Å²) in [5.74, 6) is 0.117. The van der Waals surface area contributed by atoms with Gasteiger partial charge in [-0.1, -0.05) is 0 Å². The number of sulfonamides is 1. The number of carbonyl (C=O) groups is 1. The first kappa shape index (κ1) is 14.7. The van der Waals surface area contributed by atoms with Crippen LogP contribution in [0, 0.1) is 5.92 Å². The van der Waals surface area contributed by atoms with Crippen LogP contribution in [0.25, 0.3) is 0 Å². The molecule has 19 heavy (non-hydrogen) atoms. The Balaban J connectivity index is 1.89. The van der Waals surface area contributed by atoms with E-state index in [4.69, 9.17) is 4.74 Å². The highest BCUT2D eigenvalue weighted by Gasteiger charge is 2.32. The second-order valence-electron chi connectivity index (χ2n) is 5.40. The zero-order valence-electron chi connectivity index (χ0n) is 11.5. The number of nitrogens with zero attached hydrogens (tertiary/aromatic N) is 2. The van der Waals surface area contributed by atoms with Crippen LogP contribution in [0.4, 0.5) is 0 Å². The third-order valence-corrected chi connectivity index (χ3v) is 5.13. The quantitative estimate of drug-likeness (QED) is 0.712. The second-order valence-corrected chi connectivity index (χ2v) is 7.38. The summed E-state index contributed by atoms with van der Waals surface area (Å²) in [4.78, 5) is 14.2. The fraction of sp³-hybridized carbons (Fsp3) is 0.917. The molecule has 6 nitrogen and oxygen atoms in total. The molecule has 0 aromatic heterocycles. The van der Waals surface area contributed by atoms with Crippen molar-refractivity contribution < 1.29 is 17.9 Å². The van der Waals surface area contributed by atoms with Crippen LogP contribution in [-0.2, 0) is 19.6 Å². The van der Waals surface area contributed by atoms with Crippen LogP contribution in [0.5, 0.6) is 0 Å². The normalized spacial score (nSPS) is 27.5. The standard InChI is InChI=1S/C12H22N2O4S/c1-10-9-13(7-8-18-10)12(15)11-3-5-14(6-4-11)19(2,16)17/h10-11H,3-9H2,1-2H3. The Labute approximate surface area is 114 Å². The van der Waals surface area contributed by atoms with Crippen LogP contribution in [0.15, 0.2) is 0 Å². The van der Waals surface area contributed by atoms with Gasteiger partial charge >= 0.3 is 0 Å². The lowest BCUT2D eigenvalue weighted by atomic mass is 9.96. The first-order valence-electron chi connectivity index (χ1n) is 6.73. The predicted molar refractivity (Wildman–Crippen MR) is 71.1 cm³/mol. The van der Waals surface area contributed by atoms with Crippen LogP contribution in [-0.4, -0.2) is 68.7 Å². The van der Waals surface area contributed by atoms with Crippen molar-refractivity contribution in [3.8, 4) is 0 Å².